The molecule has 0 aliphatic carbocycles. The molecule has 8 nitrogen and oxygen atoms in total. The maximum absolute atomic E-state index is 14.6. The number of amides is 1. The number of fused-ring (bicyclic) bond motifs is 1. The summed E-state index contributed by atoms with van der Waals surface area (Å²) >= 11 is 0. The molecule has 11 heteroatoms. The van der Waals surface area contributed by atoms with Crippen LogP contribution in [0.3, 0.4) is 0 Å². The molecule has 1 aliphatic rings. The van der Waals surface area contributed by atoms with Crippen LogP contribution in [0.2, 0.25) is 0 Å². The quantitative estimate of drug-likeness (QED) is 0.606. The van der Waals surface area contributed by atoms with E-state index in [2.05, 4.69) is 10.3 Å². The van der Waals surface area contributed by atoms with Gasteiger partial charge in [0.15, 0.2) is 0 Å². The first-order valence-corrected chi connectivity index (χ1v) is 8.72. The fourth-order valence-electron chi connectivity index (χ4n) is 3.02. The van der Waals surface area contributed by atoms with Crippen molar-refractivity contribution in [2.75, 3.05) is 18.4 Å². The second-order valence-corrected chi connectivity index (χ2v) is 7.76. The fraction of sp³-hybridized carbons (Fsp3) is 0.444. The number of ether oxygens (including phenoxy) is 1. The zero-order valence-electron chi connectivity index (χ0n) is 15.9. The van der Waals surface area contributed by atoms with Gasteiger partial charge in [-0.05, 0) is 39.0 Å². The molecule has 1 saturated heterocycles. The van der Waals surface area contributed by atoms with Gasteiger partial charge in [-0.3, -0.25) is 15.0 Å². The Labute approximate surface area is 163 Å². The molecular formula is C18H19F3N4O4. The lowest BCUT2D eigenvalue weighted by Crippen LogP contribution is -2.38. The monoisotopic (exact) mass is 412 g/mol. The first-order valence-electron chi connectivity index (χ1n) is 8.72. The van der Waals surface area contributed by atoms with Crippen molar-refractivity contribution in [3.8, 4) is 0 Å². The SMILES string of the molecule is CC(C)(C)OC(=O)N1CC(Nc2c([N+](=O)[O-])cnc3ccc(F)cc23)C(F)(F)C1. The molecule has 29 heavy (non-hydrogen) atoms. The summed E-state index contributed by atoms with van der Waals surface area (Å²) in [7, 11) is 0. The van der Waals surface area contributed by atoms with Crippen LogP contribution in [0, 0.1) is 15.9 Å². The molecule has 0 spiro atoms. The molecule has 2 heterocycles. The van der Waals surface area contributed by atoms with Gasteiger partial charge in [-0.25, -0.2) is 22.9 Å². The number of rotatable bonds is 3. The van der Waals surface area contributed by atoms with E-state index < -0.39 is 53.2 Å². The molecule has 156 valence electrons. The van der Waals surface area contributed by atoms with Gasteiger partial charge < -0.3 is 10.1 Å². The van der Waals surface area contributed by atoms with Gasteiger partial charge in [-0.15, -0.1) is 0 Å². The van der Waals surface area contributed by atoms with Crippen LogP contribution in [0.1, 0.15) is 20.8 Å². The number of carbonyl (C=O) groups is 1. The van der Waals surface area contributed by atoms with E-state index in [0.29, 0.717) is 0 Å². The maximum atomic E-state index is 14.6. The molecule has 1 N–H and O–H groups in total. The first-order chi connectivity index (χ1) is 13.4. The summed E-state index contributed by atoms with van der Waals surface area (Å²) in [6.07, 6.45) is 0.00278. The highest BCUT2D eigenvalue weighted by atomic mass is 19.3. The van der Waals surface area contributed by atoms with Crippen molar-refractivity contribution in [2.24, 2.45) is 0 Å². The Morgan fingerprint density at radius 1 is 1.41 bits per heavy atom. The predicted octanol–water partition coefficient (Wildman–Crippen LogP) is 3.95. The van der Waals surface area contributed by atoms with E-state index in [1.165, 1.54) is 6.07 Å². The van der Waals surface area contributed by atoms with Gasteiger partial charge in [-0.1, -0.05) is 0 Å². The van der Waals surface area contributed by atoms with Crippen LogP contribution in [0.15, 0.2) is 24.4 Å². The number of hydrogen-bond donors (Lipinski definition) is 1. The number of alkyl halides is 2. The summed E-state index contributed by atoms with van der Waals surface area (Å²) in [5.41, 5.74) is -1.52. The molecule has 1 amide bonds. The van der Waals surface area contributed by atoms with Gasteiger partial charge in [0, 0.05) is 5.39 Å². The van der Waals surface area contributed by atoms with E-state index in [9.17, 15) is 28.1 Å². The van der Waals surface area contributed by atoms with E-state index >= 15 is 0 Å². The van der Waals surface area contributed by atoms with Crippen LogP contribution in [-0.4, -0.2) is 51.6 Å². The van der Waals surface area contributed by atoms with Crippen LogP contribution in [0.4, 0.5) is 29.3 Å². The van der Waals surface area contributed by atoms with Crippen LogP contribution >= 0.6 is 0 Å². The standard InChI is InChI=1S/C18H19F3N4O4/c1-17(2,3)29-16(26)24-8-14(18(20,21)9-24)23-15-11-6-10(19)4-5-12(11)22-7-13(15)25(27)28/h4-7,14H,8-9H2,1-3H3,(H,22,23). The summed E-state index contributed by atoms with van der Waals surface area (Å²) in [6, 6.07) is 1.75. The van der Waals surface area contributed by atoms with E-state index in [1.54, 1.807) is 20.8 Å². The van der Waals surface area contributed by atoms with Crippen LogP contribution in [0.25, 0.3) is 10.9 Å². The third kappa shape index (κ3) is 4.33. The largest absolute Gasteiger partial charge is 0.444 e. The molecule has 1 aliphatic heterocycles. The zero-order valence-corrected chi connectivity index (χ0v) is 15.9. The van der Waals surface area contributed by atoms with Crippen molar-refractivity contribution < 1.29 is 27.6 Å². The van der Waals surface area contributed by atoms with Crippen molar-refractivity contribution in [2.45, 2.75) is 38.3 Å². The van der Waals surface area contributed by atoms with Crippen LogP contribution in [0.5, 0.6) is 0 Å². The summed E-state index contributed by atoms with van der Waals surface area (Å²) in [6.45, 7) is 3.46. The topological polar surface area (TPSA) is 97.6 Å². The van der Waals surface area contributed by atoms with Gasteiger partial charge in [0.1, 0.15) is 29.3 Å². The highest BCUT2D eigenvalue weighted by Crippen LogP contribution is 2.37. The summed E-state index contributed by atoms with van der Waals surface area (Å²) in [5.74, 6) is -4.09. The van der Waals surface area contributed by atoms with E-state index in [-0.39, 0.29) is 16.6 Å². The van der Waals surface area contributed by atoms with E-state index in [4.69, 9.17) is 4.74 Å². The molecule has 1 fully saturated rings. The molecule has 1 atom stereocenters. The molecule has 1 unspecified atom stereocenters. The number of nitrogens with one attached hydrogen (secondary N) is 1. The van der Waals surface area contributed by atoms with Gasteiger partial charge >= 0.3 is 11.8 Å². The molecule has 1 aromatic heterocycles. The minimum Gasteiger partial charge on any atom is -0.444 e. The van der Waals surface area contributed by atoms with Gasteiger partial charge in [0.25, 0.3) is 5.92 Å². The minimum absolute atomic E-state index is 0.00859. The number of halogens is 3. The number of nitro groups is 1. The van der Waals surface area contributed by atoms with Gasteiger partial charge in [0.2, 0.25) is 0 Å². The number of anilines is 1. The maximum Gasteiger partial charge on any atom is 0.410 e. The molecule has 0 saturated carbocycles. The second kappa shape index (κ2) is 7.05. The second-order valence-electron chi connectivity index (χ2n) is 7.76. The Hall–Kier alpha value is -3.11. The number of carbonyl (C=O) groups excluding carboxylic acids is 1. The Morgan fingerprint density at radius 2 is 2.10 bits per heavy atom. The van der Waals surface area contributed by atoms with Gasteiger partial charge in [-0.2, -0.15) is 0 Å². The number of nitrogens with zero attached hydrogens (tertiary/aromatic N) is 3. The molecule has 2 aromatic rings. The Morgan fingerprint density at radius 3 is 2.72 bits per heavy atom. The highest BCUT2D eigenvalue weighted by molar-refractivity contribution is 5.96. The van der Waals surface area contributed by atoms with Crippen LogP contribution < -0.4 is 5.32 Å². The number of pyridine rings is 1. The van der Waals surface area contributed by atoms with Crippen molar-refractivity contribution in [1.82, 2.24) is 9.88 Å². The number of likely N-dealkylation sites (tertiary alicyclic amines) is 1. The average molecular weight is 412 g/mol. The Balaban J connectivity index is 1.95. The number of aromatic nitrogens is 1. The fourth-order valence-corrected chi connectivity index (χ4v) is 3.02. The lowest BCUT2D eigenvalue weighted by atomic mass is 10.1. The summed E-state index contributed by atoms with van der Waals surface area (Å²) < 4.78 is 48.0. The average Bonchev–Trinajstić information content (AvgIpc) is 2.88. The molecule has 0 radical (unpaired) electrons. The molecule has 3 rings (SSSR count). The summed E-state index contributed by atoms with van der Waals surface area (Å²) in [4.78, 5) is 27.4. The normalized spacial score (nSPS) is 18.7. The number of benzene rings is 1. The molecule has 0 bridgehead atoms. The lowest BCUT2D eigenvalue weighted by Gasteiger charge is -2.24. The Kier molecular flexibility index (Phi) is 5.01. The smallest absolute Gasteiger partial charge is 0.410 e. The molecule has 1 aromatic carbocycles. The van der Waals surface area contributed by atoms with Gasteiger partial charge in [0.05, 0.1) is 23.5 Å². The predicted molar refractivity (Wildman–Crippen MR) is 98.5 cm³/mol. The zero-order chi connectivity index (χ0) is 21.6. The number of hydrogen-bond acceptors (Lipinski definition) is 6. The third-order valence-electron chi connectivity index (χ3n) is 4.29. The first kappa shape index (κ1) is 20.6. The summed E-state index contributed by atoms with van der Waals surface area (Å²) in [5, 5.41) is 13.8. The minimum atomic E-state index is -3.40. The molecular weight excluding hydrogens is 393 g/mol. The highest BCUT2D eigenvalue weighted by Gasteiger charge is 2.51. The van der Waals surface area contributed by atoms with Crippen molar-refractivity contribution in [3.05, 3.63) is 40.3 Å². The van der Waals surface area contributed by atoms with Crippen LogP contribution in [-0.2, 0) is 4.74 Å². The van der Waals surface area contributed by atoms with E-state index in [0.717, 1.165) is 23.2 Å². The van der Waals surface area contributed by atoms with Crippen molar-refractivity contribution in [3.63, 3.8) is 0 Å². The Bertz CT molecular complexity index is 977. The van der Waals surface area contributed by atoms with Crippen molar-refractivity contribution in [1.29, 1.82) is 0 Å². The third-order valence-corrected chi connectivity index (χ3v) is 4.29. The van der Waals surface area contributed by atoms with Crippen molar-refractivity contribution >= 4 is 28.4 Å². The van der Waals surface area contributed by atoms with E-state index in [1.807, 2.05) is 0 Å². The lowest BCUT2D eigenvalue weighted by molar-refractivity contribution is -0.384.